The minimum absolute atomic E-state index is 0.0720. The highest BCUT2D eigenvalue weighted by atomic mass is 31.2. The van der Waals surface area contributed by atoms with Crippen LogP contribution >= 0.6 is 7.60 Å². The van der Waals surface area contributed by atoms with E-state index in [0.29, 0.717) is 22.4 Å². The van der Waals surface area contributed by atoms with E-state index in [9.17, 15) is 19.1 Å². The summed E-state index contributed by atoms with van der Waals surface area (Å²) in [4.78, 5) is 32.1. The van der Waals surface area contributed by atoms with Gasteiger partial charge in [-0.3, -0.25) is 14.8 Å². The fraction of sp³-hybridized carbons (Fsp3) is 0. The standard InChI is InChI=1S/C20H18N3O4P/c21-19(22)13-9-11-14(12-10-13)23-20(24)17-7-2-1-5-15(17)16-6-3-4-8-18(16)28(25,26)27/h1-12H,(H3,21,22)(H,23,24)(H2,25,26,27). The maximum absolute atomic E-state index is 12.8. The molecule has 6 N–H and O–H groups in total. The van der Waals surface area contributed by atoms with Gasteiger partial charge < -0.3 is 20.8 Å². The quantitative estimate of drug-likeness (QED) is 0.257. The summed E-state index contributed by atoms with van der Waals surface area (Å²) >= 11 is 0. The third kappa shape index (κ3) is 4.18. The molecule has 7 nitrogen and oxygen atoms in total. The first-order valence-electron chi connectivity index (χ1n) is 8.28. The van der Waals surface area contributed by atoms with Crippen molar-refractivity contribution in [3.63, 3.8) is 0 Å². The molecule has 3 aromatic carbocycles. The number of carbonyl (C=O) groups excluding carboxylic acids is 1. The summed E-state index contributed by atoms with van der Waals surface area (Å²) in [5, 5.41) is 10.0. The van der Waals surface area contributed by atoms with Crippen molar-refractivity contribution < 1.29 is 19.1 Å². The van der Waals surface area contributed by atoms with Crippen LogP contribution in [0.5, 0.6) is 0 Å². The number of amidine groups is 1. The van der Waals surface area contributed by atoms with E-state index in [1.54, 1.807) is 60.7 Å². The molecule has 0 radical (unpaired) electrons. The van der Waals surface area contributed by atoms with E-state index in [-0.39, 0.29) is 16.7 Å². The van der Waals surface area contributed by atoms with Crippen LogP contribution in [0.1, 0.15) is 15.9 Å². The maximum atomic E-state index is 12.8. The average molecular weight is 395 g/mol. The molecule has 3 rings (SSSR count). The molecule has 0 aliphatic rings. The summed E-state index contributed by atoms with van der Waals surface area (Å²) in [6, 6.07) is 19.2. The molecule has 142 valence electrons. The Balaban J connectivity index is 1.98. The van der Waals surface area contributed by atoms with E-state index >= 15 is 0 Å². The molecule has 0 saturated heterocycles. The van der Waals surface area contributed by atoms with Crippen molar-refractivity contribution in [2.24, 2.45) is 5.73 Å². The number of anilines is 1. The van der Waals surface area contributed by atoms with Crippen LogP contribution in [-0.2, 0) is 4.57 Å². The molecule has 0 bridgehead atoms. The minimum atomic E-state index is -4.52. The maximum Gasteiger partial charge on any atom is 0.356 e. The highest BCUT2D eigenvalue weighted by molar-refractivity contribution is 7.60. The first kappa shape index (κ1) is 19.5. The number of benzene rings is 3. The van der Waals surface area contributed by atoms with Gasteiger partial charge in [-0.2, -0.15) is 0 Å². The first-order chi connectivity index (χ1) is 13.3. The number of nitrogens with one attached hydrogen (secondary N) is 2. The third-order valence-electron chi connectivity index (χ3n) is 4.13. The first-order valence-corrected chi connectivity index (χ1v) is 9.89. The molecule has 0 heterocycles. The smallest absolute Gasteiger partial charge is 0.356 e. The number of hydrogen-bond acceptors (Lipinski definition) is 3. The molecule has 0 fully saturated rings. The SMILES string of the molecule is N=C(N)c1ccc(NC(=O)c2ccccc2-c2ccccc2P(=O)(O)O)cc1. The van der Waals surface area contributed by atoms with Crippen molar-refractivity contribution in [2.75, 3.05) is 5.32 Å². The Morgan fingerprint density at radius 1 is 0.893 bits per heavy atom. The summed E-state index contributed by atoms with van der Waals surface area (Å²) in [5.41, 5.74) is 7.46. The Hall–Kier alpha value is -3.25. The summed E-state index contributed by atoms with van der Waals surface area (Å²) in [6.07, 6.45) is 0. The van der Waals surface area contributed by atoms with E-state index < -0.39 is 13.5 Å². The average Bonchev–Trinajstić information content (AvgIpc) is 2.67. The van der Waals surface area contributed by atoms with E-state index in [4.69, 9.17) is 11.1 Å². The summed E-state index contributed by atoms with van der Waals surface area (Å²) in [6.45, 7) is 0. The van der Waals surface area contributed by atoms with Gasteiger partial charge in [0.1, 0.15) is 5.84 Å². The van der Waals surface area contributed by atoms with Gasteiger partial charge in [0.25, 0.3) is 5.91 Å². The Morgan fingerprint density at radius 3 is 2.07 bits per heavy atom. The molecule has 28 heavy (non-hydrogen) atoms. The Kier molecular flexibility index (Phi) is 5.42. The fourth-order valence-electron chi connectivity index (χ4n) is 2.80. The summed E-state index contributed by atoms with van der Waals surface area (Å²) in [7, 11) is -4.52. The van der Waals surface area contributed by atoms with Crippen molar-refractivity contribution >= 4 is 30.3 Å². The zero-order valence-corrected chi connectivity index (χ0v) is 15.6. The second kappa shape index (κ2) is 7.78. The van der Waals surface area contributed by atoms with E-state index in [1.807, 2.05) is 0 Å². The molecule has 1 amide bonds. The van der Waals surface area contributed by atoms with Gasteiger partial charge in [-0.15, -0.1) is 0 Å². The molecule has 0 aliphatic heterocycles. The topological polar surface area (TPSA) is 136 Å². The third-order valence-corrected chi connectivity index (χ3v) is 5.15. The Bertz CT molecular complexity index is 1090. The monoisotopic (exact) mass is 395 g/mol. The Labute approximate surface area is 161 Å². The molecular weight excluding hydrogens is 377 g/mol. The van der Waals surface area contributed by atoms with Crippen LogP contribution in [0.3, 0.4) is 0 Å². The lowest BCUT2D eigenvalue weighted by atomic mass is 9.99. The van der Waals surface area contributed by atoms with Gasteiger partial charge in [0.2, 0.25) is 0 Å². The second-order valence-electron chi connectivity index (χ2n) is 6.05. The molecule has 0 unspecified atom stereocenters. The Morgan fingerprint density at radius 2 is 1.46 bits per heavy atom. The van der Waals surface area contributed by atoms with Crippen LogP contribution in [0.15, 0.2) is 72.8 Å². The van der Waals surface area contributed by atoms with Crippen LogP contribution in [0.25, 0.3) is 11.1 Å². The van der Waals surface area contributed by atoms with E-state index in [1.165, 1.54) is 12.1 Å². The molecule has 8 heteroatoms. The highest BCUT2D eigenvalue weighted by Crippen LogP contribution is 2.38. The molecular formula is C20H18N3O4P. The summed E-state index contributed by atoms with van der Waals surface area (Å²) in [5.74, 6) is -0.496. The van der Waals surface area contributed by atoms with Crippen molar-refractivity contribution in [2.45, 2.75) is 0 Å². The predicted molar refractivity (Wildman–Crippen MR) is 109 cm³/mol. The van der Waals surface area contributed by atoms with Gasteiger partial charge in [0.05, 0.1) is 5.30 Å². The van der Waals surface area contributed by atoms with Gasteiger partial charge in [0, 0.05) is 16.8 Å². The predicted octanol–water partition coefficient (Wildman–Crippen LogP) is 2.69. The van der Waals surface area contributed by atoms with Gasteiger partial charge in [-0.05, 0) is 47.5 Å². The second-order valence-corrected chi connectivity index (χ2v) is 7.62. The van der Waals surface area contributed by atoms with Gasteiger partial charge in [0.15, 0.2) is 0 Å². The van der Waals surface area contributed by atoms with Gasteiger partial charge in [-0.1, -0.05) is 36.4 Å². The molecule has 0 aromatic heterocycles. The van der Waals surface area contributed by atoms with Crippen LogP contribution in [0.2, 0.25) is 0 Å². The number of hydrogen-bond donors (Lipinski definition) is 5. The number of rotatable bonds is 5. The van der Waals surface area contributed by atoms with Crippen LogP contribution in [-0.4, -0.2) is 21.5 Å². The lowest BCUT2D eigenvalue weighted by Crippen LogP contribution is -2.16. The highest BCUT2D eigenvalue weighted by Gasteiger charge is 2.24. The fourth-order valence-corrected chi connectivity index (χ4v) is 3.59. The molecule has 3 aromatic rings. The molecule has 0 saturated carbocycles. The van der Waals surface area contributed by atoms with E-state index in [2.05, 4.69) is 5.32 Å². The number of carbonyl (C=O) groups is 1. The van der Waals surface area contributed by atoms with Crippen LogP contribution in [0, 0.1) is 5.41 Å². The van der Waals surface area contributed by atoms with Gasteiger partial charge >= 0.3 is 7.60 Å². The normalized spacial score (nSPS) is 11.1. The van der Waals surface area contributed by atoms with Crippen molar-refractivity contribution in [1.29, 1.82) is 5.41 Å². The zero-order chi connectivity index (χ0) is 20.3. The number of nitrogen functional groups attached to an aromatic ring is 1. The molecule has 0 atom stereocenters. The lowest BCUT2D eigenvalue weighted by molar-refractivity contribution is 0.102. The number of amides is 1. The molecule has 0 aliphatic carbocycles. The largest absolute Gasteiger partial charge is 0.384 e. The molecule has 0 spiro atoms. The zero-order valence-electron chi connectivity index (χ0n) is 14.7. The minimum Gasteiger partial charge on any atom is -0.384 e. The van der Waals surface area contributed by atoms with Crippen molar-refractivity contribution in [3.05, 3.63) is 83.9 Å². The lowest BCUT2D eigenvalue weighted by Gasteiger charge is -2.14. The van der Waals surface area contributed by atoms with Crippen molar-refractivity contribution in [1.82, 2.24) is 0 Å². The van der Waals surface area contributed by atoms with Crippen molar-refractivity contribution in [3.8, 4) is 11.1 Å². The van der Waals surface area contributed by atoms with Gasteiger partial charge in [-0.25, -0.2) is 0 Å². The number of nitrogens with two attached hydrogens (primary N) is 1. The van der Waals surface area contributed by atoms with Crippen LogP contribution in [0.4, 0.5) is 5.69 Å². The van der Waals surface area contributed by atoms with E-state index in [0.717, 1.165) is 0 Å². The summed E-state index contributed by atoms with van der Waals surface area (Å²) < 4.78 is 11.9. The van der Waals surface area contributed by atoms with Crippen LogP contribution < -0.4 is 16.4 Å².